The minimum atomic E-state index is -1.60. The highest BCUT2D eigenvalue weighted by atomic mass is 19.1. The molecular weight excluding hydrogens is 455 g/mol. The number of nitriles is 1. The number of carbonyl (C=O) groups excluding carboxylic acids is 2. The molecule has 1 spiro atoms. The number of rotatable bonds is 2. The van der Waals surface area contributed by atoms with Gasteiger partial charge < -0.3 is 9.88 Å². The topological polar surface area (TPSA) is 78.1 Å². The van der Waals surface area contributed by atoms with Crippen LogP contribution in [-0.4, -0.2) is 16.3 Å². The third kappa shape index (κ3) is 2.88. The number of anilines is 2. The highest BCUT2D eigenvalue weighted by Crippen LogP contribution is 2.58. The van der Waals surface area contributed by atoms with Gasteiger partial charge in [0.1, 0.15) is 23.1 Å². The fourth-order valence-electron chi connectivity index (χ4n) is 5.94. The van der Waals surface area contributed by atoms with Crippen LogP contribution in [0.3, 0.4) is 0 Å². The van der Waals surface area contributed by atoms with Crippen molar-refractivity contribution in [1.82, 2.24) is 4.57 Å². The Hall–Kier alpha value is -4.44. The minimum absolute atomic E-state index is 0.122. The number of nitrogens with one attached hydrogen (secondary N) is 1. The molecule has 36 heavy (non-hydrogen) atoms. The highest BCUT2D eigenvalue weighted by Gasteiger charge is 2.61. The summed E-state index contributed by atoms with van der Waals surface area (Å²) in [6.07, 6.45) is 4.27. The number of benzene rings is 2. The van der Waals surface area contributed by atoms with Crippen LogP contribution in [0.5, 0.6) is 0 Å². The van der Waals surface area contributed by atoms with Gasteiger partial charge in [-0.2, -0.15) is 5.26 Å². The van der Waals surface area contributed by atoms with Crippen LogP contribution >= 0.6 is 0 Å². The number of halogens is 1. The average molecular weight is 479 g/mol. The largest absolute Gasteiger partial charge is 0.324 e. The second-order valence-corrected chi connectivity index (χ2v) is 10.2. The first-order valence-corrected chi connectivity index (χ1v) is 11.8. The maximum absolute atomic E-state index is 14.5. The van der Waals surface area contributed by atoms with Crippen molar-refractivity contribution in [2.45, 2.75) is 32.1 Å². The van der Waals surface area contributed by atoms with E-state index in [-0.39, 0.29) is 17.8 Å². The number of allylic oxidation sites excluding steroid dienone is 1. The maximum atomic E-state index is 14.5. The van der Waals surface area contributed by atoms with Crippen LogP contribution in [0.2, 0.25) is 0 Å². The first-order valence-electron chi connectivity index (χ1n) is 11.8. The maximum Gasteiger partial charge on any atom is 0.245 e. The van der Waals surface area contributed by atoms with Crippen molar-refractivity contribution in [3.8, 4) is 6.07 Å². The Labute approximate surface area is 208 Å². The Morgan fingerprint density at radius 2 is 1.75 bits per heavy atom. The van der Waals surface area contributed by atoms with Crippen LogP contribution in [0.25, 0.3) is 5.82 Å². The van der Waals surface area contributed by atoms with Crippen LogP contribution in [0.15, 0.2) is 89.9 Å². The molecular formula is C29H23FN4O2. The number of hydrogen-bond acceptors (Lipinski definition) is 4. The number of para-hydroxylation sites is 1. The molecule has 6 nitrogen and oxygen atoms in total. The monoisotopic (exact) mass is 478 g/mol. The molecule has 1 amide bonds. The second-order valence-electron chi connectivity index (χ2n) is 10.2. The third-order valence-corrected chi connectivity index (χ3v) is 7.25. The fraction of sp³-hybridized carbons (Fsp3) is 0.207. The number of ketones is 1. The predicted molar refractivity (Wildman–Crippen MR) is 134 cm³/mol. The number of carbonyl (C=O) groups is 2. The number of Topliss-reactive ketones (excluding diaryl/α,β-unsaturated/α-hetero) is 1. The van der Waals surface area contributed by atoms with Crippen LogP contribution < -0.4 is 10.2 Å². The lowest BCUT2D eigenvalue weighted by Gasteiger charge is -2.47. The van der Waals surface area contributed by atoms with Crippen LogP contribution in [0.1, 0.15) is 32.3 Å². The molecule has 1 aromatic heterocycles. The molecule has 0 bridgehead atoms. The van der Waals surface area contributed by atoms with Crippen molar-refractivity contribution in [3.63, 3.8) is 0 Å². The van der Waals surface area contributed by atoms with E-state index in [9.17, 15) is 19.2 Å². The lowest BCUT2D eigenvalue weighted by Crippen LogP contribution is -2.51. The molecule has 0 fully saturated rings. The summed E-state index contributed by atoms with van der Waals surface area (Å²) in [5, 5.41) is 13.6. The standard InChI is InChI=1S/C29H23FN4O2/c1-28(2)15-23-25(24(35)16-28)29(20-10-3-4-11-22(20)32-27(29)36)21(17-31)26(33-12-5-6-13-33)34(23)19-9-7-8-18(30)14-19/h3-14H,15-16H2,1-2H3,(H,32,36). The summed E-state index contributed by atoms with van der Waals surface area (Å²) in [6, 6.07) is 19.2. The summed E-state index contributed by atoms with van der Waals surface area (Å²) < 4.78 is 16.3. The Morgan fingerprint density at radius 3 is 2.47 bits per heavy atom. The molecule has 3 aliphatic rings. The van der Waals surface area contributed by atoms with Crippen LogP contribution in [0.4, 0.5) is 15.8 Å². The zero-order valence-electron chi connectivity index (χ0n) is 19.9. The molecule has 3 heterocycles. The first-order chi connectivity index (χ1) is 17.3. The zero-order valence-corrected chi connectivity index (χ0v) is 19.9. The van der Waals surface area contributed by atoms with Gasteiger partial charge in [-0.15, -0.1) is 0 Å². The average Bonchev–Trinajstić information content (AvgIpc) is 3.45. The van der Waals surface area contributed by atoms with Gasteiger partial charge in [0.25, 0.3) is 0 Å². The summed E-state index contributed by atoms with van der Waals surface area (Å²) in [7, 11) is 0. The summed E-state index contributed by atoms with van der Waals surface area (Å²) in [4.78, 5) is 29.7. The molecule has 0 saturated carbocycles. The van der Waals surface area contributed by atoms with E-state index < -0.39 is 22.6 Å². The molecule has 1 unspecified atom stereocenters. The van der Waals surface area contributed by atoms with Gasteiger partial charge in [-0.25, -0.2) is 4.39 Å². The summed E-state index contributed by atoms with van der Waals surface area (Å²) >= 11 is 0. The van der Waals surface area contributed by atoms with Gasteiger partial charge in [0.05, 0.1) is 11.3 Å². The molecule has 2 aromatic carbocycles. The van der Waals surface area contributed by atoms with Gasteiger partial charge in [0.15, 0.2) is 5.78 Å². The van der Waals surface area contributed by atoms with Gasteiger partial charge in [-0.1, -0.05) is 38.1 Å². The van der Waals surface area contributed by atoms with E-state index in [1.807, 2.05) is 38.1 Å². The Bertz CT molecular complexity index is 1560. The molecule has 2 aliphatic heterocycles. The highest BCUT2D eigenvalue weighted by molar-refractivity contribution is 6.21. The second kappa shape index (κ2) is 7.53. The smallest absolute Gasteiger partial charge is 0.245 e. The zero-order chi connectivity index (χ0) is 25.2. The number of aromatic nitrogens is 1. The molecule has 1 aliphatic carbocycles. The minimum Gasteiger partial charge on any atom is -0.324 e. The normalized spacial score (nSPS) is 22.4. The van der Waals surface area contributed by atoms with E-state index in [4.69, 9.17) is 0 Å². The molecule has 1 N–H and O–H groups in total. The molecule has 178 valence electrons. The Morgan fingerprint density at radius 1 is 1.00 bits per heavy atom. The molecule has 0 radical (unpaired) electrons. The molecule has 6 rings (SSSR count). The molecule has 3 aromatic rings. The van der Waals surface area contributed by atoms with Crippen molar-refractivity contribution in [3.05, 3.63) is 101 Å². The van der Waals surface area contributed by atoms with Gasteiger partial charge in [-0.3, -0.25) is 14.5 Å². The van der Waals surface area contributed by atoms with E-state index in [0.29, 0.717) is 40.5 Å². The summed E-state index contributed by atoms with van der Waals surface area (Å²) in [6.45, 7) is 4.01. The number of hydrogen-bond donors (Lipinski definition) is 1. The third-order valence-electron chi connectivity index (χ3n) is 7.25. The lowest BCUT2D eigenvalue weighted by molar-refractivity contribution is -0.123. The molecule has 1 atom stereocenters. The van der Waals surface area contributed by atoms with Gasteiger partial charge in [-0.05, 0) is 48.2 Å². The van der Waals surface area contributed by atoms with Crippen molar-refractivity contribution < 1.29 is 14.0 Å². The summed E-state index contributed by atoms with van der Waals surface area (Å²) in [5.41, 5.74) is 0.656. The predicted octanol–water partition coefficient (Wildman–Crippen LogP) is 5.37. The van der Waals surface area contributed by atoms with Gasteiger partial charge in [0.2, 0.25) is 5.91 Å². The number of nitrogens with zero attached hydrogens (tertiary/aromatic N) is 3. The van der Waals surface area contributed by atoms with Crippen LogP contribution in [-0.2, 0) is 15.0 Å². The van der Waals surface area contributed by atoms with E-state index in [2.05, 4.69) is 11.4 Å². The molecule has 7 heteroatoms. The Kier molecular flexibility index (Phi) is 4.61. The number of fused-ring (bicyclic) bond motifs is 3. The van der Waals surface area contributed by atoms with Crippen molar-refractivity contribution in [2.75, 3.05) is 10.2 Å². The van der Waals surface area contributed by atoms with E-state index in [1.54, 1.807) is 46.1 Å². The van der Waals surface area contributed by atoms with E-state index in [0.717, 1.165) is 0 Å². The van der Waals surface area contributed by atoms with E-state index in [1.165, 1.54) is 12.1 Å². The SMILES string of the molecule is CC1(C)CC(=O)C2=C(C1)N(c1cccc(F)c1)C(n1cccc1)=C(C#N)C21C(=O)Nc2ccccc21. The number of amides is 1. The Balaban J connectivity index is 1.80. The lowest BCUT2D eigenvalue weighted by atomic mass is 9.60. The van der Waals surface area contributed by atoms with Crippen LogP contribution in [0, 0.1) is 22.6 Å². The quantitative estimate of drug-likeness (QED) is 0.537. The fourth-order valence-corrected chi connectivity index (χ4v) is 5.94. The van der Waals surface area contributed by atoms with Gasteiger partial charge in [0, 0.05) is 41.3 Å². The van der Waals surface area contributed by atoms with Crippen molar-refractivity contribution >= 4 is 28.9 Å². The van der Waals surface area contributed by atoms with Crippen molar-refractivity contribution in [2.24, 2.45) is 5.41 Å². The van der Waals surface area contributed by atoms with E-state index >= 15 is 0 Å². The van der Waals surface area contributed by atoms with Gasteiger partial charge >= 0.3 is 0 Å². The summed E-state index contributed by atoms with van der Waals surface area (Å²) in [5.74, 6) is -0.645. The first kappa shape index (κ1) is 22.1. The molecule has 0 saturated heterocycles. The van der Waals surface area contributed by atoms with Crippen molar-refractivity contribution in [1.29, 1.82) is 5.26 Å².